The van der Waals surface area contributed by atoms with Gasteiger partial charge >= 0.3 is 0 Å². The fraction of sp³-hybridized carbons (Fsp3) is 0.538. The van der Waals surface area contributed by atoms with Crippen molar-refractivity contribution in [2.75, 3.05) is 13.1 Å². The van der Waals surface area contributed by atoms with Gasteiger partial charge in [-0.3, -0.25) is 0 Å². The van der Waals surface area contributed by atoms with Crippen LogP contribution >= 0.6 is 11.6 Å². The number of nitrogens with zero attached hydrogens (tertiary/aromatic N) is 1. The SMILES string of the molecule is O=S(=O)(c1ccccc1Cl)N1CC2CCCC2C1. The summed E-state index contributed by atoms with van der Waals surface area (Å²) in [5.74, 6) is 1.12. The van der Waals surface area contributed by atoms with E-state index in [0.717, 1.165) is 0 Å². The van der Waals surface area contributed by atoms with Crippen LogP contribution in [0.1, 0.15) is 19.3 Å². The van der Waals surface area contributed by atoms with E-state index in [9.17, 15) is 8.42 Å². The van der Waals surface area contributed by atoms with Gasteiger partial charge in [-0.15, -0.1) is 0 Å². The Kier molecular flexibility index (Phi) is 3.12. The van der Waals surface area contributed by atoms with E-state index < -0.39 is 10.0 Å². The van der Waals surface area contributed by atoms with Crippen LogP contribution in [0.15, 0.2) is 29.2 Å². The van der Waals surface area contributed by atoms with Crippen molar-refractivity contribution in [2.24, 2.45) is 11.8 Å². The summed E-state index contributed by atoms with van der Waals surface area (Å²) in [6, 6.07) is 6.69. The molecule has 2 atom stereocenters. The minimum atomic E-state index is -3.41. The Morgan fingerprint density at radius 2 is 1.72 bits per heavy atom. The Hall–Kier alpha value is -0.580. The zero-order valence-corrected chi connectivity index (χ0v) is 11.6. The second-order valence-electron chi connectivity index (χ2n) is 5.20. The van der Waals surface area contributed by atoms with Crippen LogP contribution in [0.4, 0.5) is 0 Å². The molecule has 0 spiro atoms. The van der Waals surface area contributed by atoms with Crippen molar-refractivity contribution < 1.29 is 8.42 Å². The number of halogens is 1. The Bertz CT molecular complexity index is 546. The minimum Gasteiger partial charge on any atom is -0.207 e. The molecule has 0 amide bonds. The standard InChI is InChI=1S/C13H16ClNO2S/c14-12-6-1-2-7-13(12)18(16,17)15-8-10-4-3-5-11(10)9-15/h1-2,6-7,10-11H,3-5,8-9H2. The second-order valence-corrected chi connectivity index (χ2v) is 7.52. The highest BCUT2D eigenvalue weighted by Gasteiger charge is 2.41. The molecule has 1 aliphatic carbocycles. The third kappa shape index (κ3) is 1.96. The number of fused-ring (bicyclic) bond motifs is 1. The van der Waals surface area contributed by atoms with Crippen molar-refractivity contribution in [3.8, 4) is 0 Å². The first-order valence-electron chi connectivity index (χ1n) is 6.34. The zero-order chi connectivity index (χ0) is 12.8. The summed E-state index contributed by atoms with van der Waals surface area (Å²) >= 11 is 6.00. The molecule has 1 aromatic carbocycles. The average molecular weight is 286 g/mol. The lowest BCUT2D eigenvalue weighted by molar-refractivity contribution is 0.445. The molecule has 0 bridgehead atoms. The van der Waals surface area contributed by atoms with Gasteiger partial charge in [-0.25, -0.2) is 8.42 Å². The molecule has 98 valence electrons. The van der Waals surface area contributed by atoms with Crippen molar-refractivity contribution in [1.82, 2.24) is 4.31 Å². The molecule has 2 unspecified atom stereocenters. The molecular weight excluding hydrogens is 270 g/mol. The fourth-order valence-electron chi connectivity index (χ4n) is 3.18. The van der Waals surface area contributed by atoms with Gasteiger partial charge in [0.15, 0.2) is 0 Å². The van der Waals surface area contributed by atoms with Gasteiger partial charge in [0.1, 0.15) is 4.90 Å². The first-order chi connectivity index (χ1) is 8.59. The molecule has 3 rings (SSSR count). The quantitative estimate of drug-likeness (QED) is 0.838. The molecular formula is C13H16ClNO2S. The number of hydrogen-bond donors (Lipinski definition) is 0. The first kappa shape index (κ1) is 12.5. The number of hydrogen-bond acceptors (Lipinski definition) is 2. The summed E-state index contributed by atoms with van der Waals surface area (Å²) in [6.07, 6.45) is 3.58. The topological polar surface area (TPSA) is 37.4 Å². The molecule has 1 saturated carbocycles. The average Bonchev–Trinajstić information content (AvgIpc) is 2.89. The van der Waals surface area contributed by atoms with Gasteiger partial charge in [-0.05, 0) is 36.8 Å². The van der Waals surface area contributed by atoms with E-state index >= 15 is 0 Å². The highest BCUT2D eigenvalue weighted by molar-refractivity contribution is 7.89. The van der Waals surface area contributed by atoms with Crippen LogP contribution in [0, 0.1) is 11.8 Å². The molecule has 1 saturated heterocycles. The fourth-order valence-corrected chi connectivity index (χ4v) is 5.23. The van der Waals surface area contributed by atoms with Crippen molar-refractivity contribution in [1.29, 1.82) is 0 Å². The minimum absolute atomic E-state index is 0.242. The van der Waals surface area contributed by atoms with E-state index in [-0.39, 0.29) is 4.90 Å². The lowest BCUT2D eigenvalue weighted by Gasteiger charge is -2.18. The summed E-state index contributed by atoms with van der Waals surface area (Å²) in [5, 5.41) is 0.314. The van der Waals surface area contributed by atoms with Crippen molar-refractivity contribution in [3.05, 3.63) is 29.3 Å². The molecule has 0 N–H and O–H groups in total. The maximum atomic E-state index is 12.5. The maximum absolute atomic E-state index is 12.5. The highest BCUT2D eigenvalue weighted by Crippen LogP contribution is 2.40. The van der Waals surface area contributed by atoms with Crippen LogP contribution in [0.3, 0.4) is 0 Å². The molecule has 3 nitrogen and oxygen atoms in total. The normalized spacial score (nSPS) is 28.5. The number of benzene rings is 1. The Morgan fingerprint density at radius 1 is 1.11 bits per heavy atom. The van der Waals surface area contributed by atoms with Gasteiger partial charge < -0.3 is 0 Å². The van der Waals surface area contributed by atoms with Crippen LogP contribution < -0.4 is 0 Å². The van der Waals surface area contributed by atoms with Gasteiger partial charge in [-0.1, -0.05) is 30.2 Å². The Morgan fingerprint density at radius 3 is 2.33 bits per heavy atom. The molecule has 1 aliphatic heterocycles. The number of sulfonamides is 1. The lowest BCUT2D eigenvalue weighted by atomic mass is 10.0. The predicted molar refractivity (Wildman–Crippen MR) is 71.0 cm³/mol. The highest BCUT2D eigenvalue weighted by atomic mass is 35.5. The third-order valence-electron chi connectivity index (χ3n) is 4.15. The number of rotatable bonds is 2. The van der Waals surface area contributed by atoms with Crippen LogP contribution in [0.25, 0.3) is 0 Å². The van der Waals surface area contributed by atoms with E-state index in [1.54, 1.807) is 28.6 Å². The van der Waals surface area contributed by atoms with Crippen LogP contribution in [-0.2, 0) is 10.0 Å². The zero-order valence-electron chi connectivity index (χ0n) is 10.0. The molecule has 5 heteroatoms. The van der Waals surface area contributed by atoms with Gasteiger partial charge in [0.05, 0.1) is 5.02 Å². The Balaban J connectivity index is 1.90. The van der Waals surface area contributed by atoms with E-state index in [4.69, 9.17) is 11.6 Å². The van der Waals surface area contributed by atoms with E-state index in [0.29, 0.717) is 29.9 Å². The summed E-state index contributed by atoms with van der Waals surface area (Å²) < 4.78 is 26.7. The van der Waals surface area contributed by atoms with Crippen molar-refractivity contribution in [3.63, 3.8) is 0 Å². The molecule has 0 radical (unpaired) electrons. The molecule has 18 heavy (non-hydrogen) atoms. The van der Waals surface area contributed by atoms with Gasteiger partial charge in [0.2, 0.25) is 10.0 Å². The first-order valence-corrected chi connectivity index (χ1v) is 8.15. The lowest BCUT2D eigenvalue weighted by Crippen LogP contribution is -2.29. The molecule has 1 aromatic rings. The van der Waals surface area contributed by atoms with E-state index in [1.807, 2.05) is 0 Å². The summed E-state index contributed by atoms with van der Waals surface area (Å²) in [5.41, 5.74) is 0. The van der Waals surface area contributed by atoms with E-state index in [2.05, 4.69) is 0 Å². The van der Waals surface area contributed by atoms with Gasteiger partial charge in [0, 0.05) is 13.1 Å². The Labute approximate surface area is 113 Å². The summed E-state index contributed by atoms with van der Waals surface area (Å²) in [4.78, 5) is 0.242. The predicted octanol–water partition coefficient (Wildman–Crippen LogP) is 2.76. The van der Waals surface area contributed by atoms with Gasteiger partial charge in [-0.2, -0.15) is 4.31 Å². The second kappa shape index (κ2) is 4.51. The van der Waals surface area contributed by atoms with Crippen molar-refractivity contribution >= 4 is 21.6 Å². The van der Waals surface area contributed by atoms with Crippen molar-refractivity contribution in [2.45, 2.75) is 24.2 Å². The molecule has 2 fully saturated rings. The van der Waals surface area contributed by atoms with Gasteiger partial charge in [0.25, 0.3) is 0 Å². The van der Waals surface area contributed by atoms with E-state index in [1.165, 1.54) is 19.3 Å². The summed E-state index contributed by atoms with van der Waals surface area (Å²) in [6.45, 7) is 1.33. The molecule has 1 heterocycles. The third-order valence-corrected chi connectivity index (χ3v) is 6.48. The smallest absolute Gasteiger partial charge is 0.207 e. The largest absolute Gasteiger partial charge is 0.244 e. The summed E-state index contributed by atoms with van der Waals surface area (Å²) in [7, 11) is -3.41. The molecule has 0 aromatic heterocycles. The van der Waals surface area contributed by atoms with Crippen LogP contribution in [0.2, 0.25) is 5.02 Å². The van der Waals surface area contributed by atoms with Crippen LogP contribution in [-0.4, -0.2) is 25.8 Å². The monoisotopic (exact) mass is 285 g/mol. The maximum Gasteiger partial charge on any atom is 0.244 e. The molecule has 2 aliphatic rings. The van der Waals surface area contributed by atoms with Crippen LogP contribution in [0.5, 0.6) is 0 Å².